The third-order valence-corrected chi connectivity index (χ3v) is 5.02. The van der Waals surface area contributed by atoms with Crippen LogP contribution in [0.2, 0.25) is 0 Å². The van der Waals surface area contributed by atoms with E-state index in [9.17, 15) is 9.90 Å². The minimum atomic E-state index is -0.927. The van der Waals surface area contributed by atoms with Crippen LogP contribution < -0.4 is 40.6 Å². The Kier molecular flexibility index (Phi) is 34.6. The SMILES string of the molecule is NOCCOCCOCCOCCON=CCCCCCCCCCCCCCCC(=O)[O-].[Na+]. The molecule has 0 amide bonds. The molecule has 0 atom stereocenters. The first-order chi connectivity index (χ1) is 16.3. The minimum Gasteiger partial charge on any atom is -0.550 e. The van der Waals surface area contributed by atoms with Crippen molar-refractivity contribution in [1.29, 1.82) is 0 Å². The van der Waals surface area contributed by atoms with E-state index < -0.39 is 5.97 Å². The quantitative estimate of drug-likeness (QED) is 0.0699. The third-order valence-electron chi connectivity index (χ3n) is 5.02. The van der Waals surface area contributed by atoms with Crippen molar-refractivity contribution in [3.05, 3.63) is 0 Å². The summed E-state index contributed by atoms with van der Waals surface area (Å²) in [6, 6.07) is 0. The van der Waals surface area contributed by atoms with Gasteiger partial charge in [-0.15, -0.1) is 0 Å². The second-order valence-electron chi connectivity index (χ2n) is 7.98. The second kappa shape index (κ2) is 32.7. The zero-order valence-corrected chi connectivity index (χ0v) is 23.5. The van der Waals surface area contributed by atoms with E-state index in [0.29, 0.717) is 52.9 Å². The van der Waals surface area contributed by atoms with Gasteiger partial charge in [0.15, 0.2) is 0 Å². The first-order valence-electron chi connectivity index (χ1n) is 12.7. The van der Waals surface area contributed by atoms with Crippen molar-refractivity contribution in [2.45, 2.75) is 89.9 Å². The van der Waals surface area contributed by atoms with Crippen molar-refractivity contribution < 1.29 is 63.3 Å². The van der Waals surface area contributed by atoms with Gasteiger partial charge in [0.05, 0.1) is 46.2 Å². The number of unbranched alkanes of at least 4 members (excludes halogenated alkanes) is 12. The van der Waals surface area contributed by atoms with Crippen molar-refractivity contribution >= 4 is 12.2 Å². The predicted molar refractivity (Wildman–Crippen MR) is 127 cm³/mol. The van der Waals surface area contributed by atoms with Gasteiger partial charge in [0.2, 0.25) is 0 Å². The molecule has 196 valence electrons. The fourth-order valence-corrected chi connectivity index (χ4v) is 3.18. The number of oxime groups is 1. The van der Waals surface area contributed by atoms with Gasteiger partial charge in [-0.25, -0.2) is 5.90 Å². The standard InChI is InChI=1S/C24H48N2O7.Na/c25-32-22-20-30-18-16-29-17-19-31-21-23-33-26-15-13-11-9-7-5-3-1-2-4-6-8-10-12-14-24(27)28;/h15H,1-14,16-23,25H2,(H,27,28);/q;+1/p-1. The largest absolute Gasteiger partial charge is 1.00 e. The minimum absolute atomic E-state index is 0. The van der Waals surface area contributed by atoms with Gasteiger partial charge in [0.25, 0.3) is 0 Å². The van der Waals surface area contributed by atoms with Crippen LogP contribution in [0.15, 0.2) is 5.16 Å². The number of nitrogens with two attached hydrogens (primary N) is 1. The predicted octanol–water partition coefficient (Wildman–Crippen LogP) is 0.144. The number of carboxylic acids is 1. The Morgan fingerprint density at radius 1 is 0.647 bits per heavy atom. The number of ether oxygens (including phenoxy) is 3. The first-order valence-corrected chi connectivity index (χ1v) is 12.7. The Labute approximate surface area is 228 Å². The summed E-state index contributed by atoms with van der Waals surface area (Å²) < 4.78 is 16.0. The van der Waals surface area contributed by atoms with Gasteiger partial charge in [-0.05, 0) is 25.7 Å². The van der Waals surface area contributed by atoms with E-state index in [0.717, 1.165) is 32.1 Å². The summed E-state index contributed by atoms with van der Waals surface area (Å²) in [5.74, 6) is 3.95. The molecule has 0 bridgehead atoms. The van der Waals surface area contributed by atoms with Gasteiger partial charge in [0.1, 0.15) is 6.61 Å². The molecule has 0 aliphatic heterocycles. The fourth-order valence-electron chi connectivity index (χ4n) is 3.18. The van der Waals surface area contributed by atoms with E-state index >= 15 is 0 Å². The molecule has 0 fully saturated rings. The molecule has 34 heavy (non-hydrogen) atoms. The number of hydrogen-bond donors (Lipinski definition) is 1. The molecule has 0 spiro atoms. The van der Waals surface area contributed by atoms with Crippen molar-refractivity contribution in [2.75, 3.05) is 52.9 Å². The second-order valence-corrected chi connectivity index (χ2v) is 7.98. The van der Waals surface area contributed by atoms with Crippen LogP contribution in [0.4, 0.5) is 0 Å². The van der Waals surface area contributed by atoms with Crippen LogP contribution in [0, 0.1) is 0 Å². The molecule has 0 heterocycles. The number of rotatable bonds is 28. The van der Waals surface area contributed by atoms with E-state index in [-0.39, 0.29) is 36.0 Å². The first kappa shape index (κ1) is 35.9. The smallest absolute Gasteiger partial charge is 0.550 e. The van der Waals surface area contributed by atoms with Crippen molar-refractivity contribution in [3.8, 4) is 0 Å². The molecule has 0 aromatic rings. The normalized spacial score (nSPS) is 11.1. The van der Waals surface area contributed by atoms with Crippen LogP contribution >= 0.6 is 0 Å². The van der Waals surface area contributed by atoms with E-state index in [1.807, 2.05) is 6.21 Å². The average Bonchev–Trinajstić information content (AvgIpc) is 2.80. The maximum atomic E-state index is 10.3. The summed E-state index contributed by atoms with van der Waals surface area (Å²) in [6.07, 6.45) is 17.3. The summed E-state index contributed by atoms with van der Waals surface area (Å²) in [4.78, 5) is 19.9. The summed E-state index contributed by atoms with van der Waals surface area (Å²) in [5.41, 5.74) is 0. The van der Waals surface area contributed by atoms with Gasteiger partial charge in [0, 0.05) is 12.2 Å². The van der Waals surface area contributed by atoms with Crippen molar-refractivity contribution in [2.24, 2.45) is 11.1 Å². The zero-order valence-electron chi connectivity index (χ0n) is 21.5. The fraction of sp³-hybridized carbons (Fsp3) is 0.917. The van der Waals surface area contributed by atoms with E-state index in [2.05, 4.69) is 9.99 Å². The monoisotopic (exact) mass is 498 g/mol. The summed E-state index contributed by atoms with van der Waals surface area (Å²) in [7, 11) is 0. The molecule has 0 aliphatic carbocycles. The number of aliphatic carboxylic acids is 1. The summed E-state index contributed by atoms with van der Waals surface area (Å²) in [6.45, 7) is 3.86. The van der Waals surface area contributed by atoms with Gasteiger partial charge >= 0.3 is 29.6 Å². The third kappa shape index (κ3) is 33.9. The van der Waals surface area contributed by atoms with Crippen molar-refractivity contribution in [3.63, 3.8) is 0 Å². The molecular formula is C24H47N2NaO7. The van der Waals surface area contributed by atoms with E-state index in [1.54, 1.807) is 0 Å². The van der Waals surface area contributed by atoms with Gasteiger partial charge in [-0.1, -0.05) is 69.4 Å². The molecule has 0 aromatic carbocycles. The zero-order chi connectivity index (χ0) is 24.1. The van der Waals surface area contributed by atoms with Crippen LogP contribution in [-0.4, -0.2) is 65.0 Å². The molecule has 9 nitrogen and oxygen atoms in total. The Morgan fingerprint density at radius 3 is 1.53 bits per heavy atom. The molecule has 0 aliphatic rings. The molecule has 0 rings (SSSR count). The number of carboxylic acid groups (broad SMARTS) is 1. The van der Waals surface area contributed by atoms with Gasteiger partial charge < -0.3 is 33.8 Å². The molecule has 10 heteroatoms. The van der Waals surface area contributed by atoms with Gasteiger partial charge in [-0.2, -0.15) is 0 Å². The van der Waals surface area contributed by atoms with Gasteiger partial charge in [-0.3, -0.25) is 0 Å². The van der Waals surface area contributed by atoms with Crippen molar-refractivity contribution in [1.82, 2.24) is 0 Å². The molecule has 0 saturated carbocycles. The van der Waals surface area contributed by atoms with Crippen LogP contribution in [0.5, 0.6) is 0 Å². The van der Waals surface area contributed by atoms with Crippen LogP contribution in [0.1, 0.15) is 89.9 Å². The maximum absolute atomic E-state index is 10.3. The summed E-state index contributed by atoms with van der Waals surface area (Å²) in [5, 5.41) is 14.3. The Bertz CT molecular complexity index is 432. The Balaban J connectivity index is 0. The topological polar surface area (TPSA) is 125 Å². The maximum Gasteiger partial charge on any atom is 1.00 e. The van der Waals surface area contributed by atoms with Crippen LogP contribution in [0.3, 0.4) is 0 Å². The van der Waals surface area contributed by atoms with E-state index in [1.165, 1.54) is 51.4 Å². The molecule has 0 saturated heterocycles. The number of hydrogen-bond acceptors (Lipinski definition) is 9. The Morgan fingerprint density at radius 2 is 1.06 bits per heavy atom. The average molecular weight is 499 g/mol. The molecule has 2 N–H and O–H groups in total. The molecule has 0 aromatic heterocycles. The number of nitrogens with zero attached hydrogens (tertiary/aromatic N) is 1. The van der Waals surface area contributed by atoms with Crippen LogP contribution in [0.25, 0.3) is 0 Å². The number of carbonyl (C=O) groups excluding carboxylic acids is 1. The van der Waals surface area contributed by atoms with E-state index in [4.69, 9.17) is 24.9 Å². The molecule has 0 radical (unpaired) electrons. The van der Waals surface area contributed by atoms with Crippen LogP contribution in [-0.2, 0) is 28.7 Å². The number of carbonyl (C=O) groups is 1. The molecule has 0 unspecified atom stereocenters. The Hall–Kier alpha value is -0.260. The molecular weight excluding hydrogens is 451 g/mol. The summed E-state index contributed by atoms with van der Waals surface area (Å²) >= 11 is 0.